The maximum atomic E-state index is 14.2. The molecule has 2 aromatic carbocycles. The van der Waals surface area contributed by atoms with Gasteiger partial charge in [0.15, 0.2) is 0 Å². The number of carbonyl (C=O) groups is 2. The molecular formula is C23H27F5N2O2S. The zero-order valence-corrected chi connectivity index (χ0v) is 19.6. The molecule has 3 rings (SSSR count). The SMILES string of the molecule is CN(C)C(c1ccc(-c2ccc(F)cc2)cc1F)C(F)(F)F.CSC.O=CNC1(C=O)CC1. The summed E-state index contributed by atoms with van der Waals surface area (Å²) >= 11 is 1.75. The molecule has 0 spiro atoms. The van der Waals surface area contributed by atoms with Gasteiger partial charge in [-0.25, -0.2) is 8.78 Å². The van der Waals surface area contributed by atoms with Crippen LogP contribution in [0.1, 0.15) is 24.4 Å². The Morgan fingerprint density at radius 3 is 1.85 bits per heavy atom. The molecule has 1 amide bonds. The number of rotatable bonds is 6. The van der Waals surface area contributed by atoms with Gasteiger partial charge in [-0.05, 0) is 68.8 Å². The second kappa shape index (κ2) is 12.7. The summed E-state index contributed by atoms with van der Waals surface area (Å²) in [6, 6.07) is 6.83. The largest absolute Gasteiger partial charge is 0.408 e. The highest BCUT2D eigenvalue weighted by atomic mass is 32.2. The molecule has 1 unspecified atom stereocenters. The van der Waals surface area contributed by atoms with Gasteiger partial charge in [0.25, 0.3) is 0 Å². The molecule has 2 aromatic rings. The number of aldehydes is 1. The molecule has 10 heteroatoms. The van der Waals surface area contributed by atoms with Crippen molar-refractivity contribution in [3.8, 4) is 11.1 Å². The molecule has 1 saturated carbocycles. The van der Waals surface area contributed by atoms with E-state index in [1.807, 2.05) is 12.5 Å². The molecule has 1 aliphatic rings. The van der Waals surface area contributed by atoms with Crippen molar-refractivity contribution in [1.82, 2.24) is 10.2 Å². The van der Waals surface area contributed by atoms with Crippen molar-refractivity contribution in [2.24, 2.45) is 0 Å². The highest BCUT2D eigenvalue weighted by Gasteiger charge is 2.43. The zero-order valence-electron chi connectivity index (χ0n) is 18.7. The fourth-order valence-electron chi connectivity index (χ4n) is 2.87. The Bertz CT molecular complexity index is 901. The predicted molar refractivity (Wildman–Crippen MR) is 121 cm³/mol. The summed E-state index contributed by atoms with van der Waals surface area (Å²) in [5.74, 6) is -1.39. The van der Waals surface area contributed by atoms with Crippen LogP contribution in [0.15, 0.2) is 42.5 Å². The number of nitrogens with one attached hydrogen (secondary N) is 1. The molecule has 0 bridgehead atoms. The van der Waals surface area contributed by atoms with Gasteiger partial charge >= 0.3 is 6.18 Å². The Balaban J connectivity index is 0.000000409. The maximum Gasteiger partial charge on any atom is 0.408 e. The molecule has 1 N–H and O–H groups in total. The van der Waals surface area contributed by atoms with Crippen LogP contribution >= 0.6 is 11.8 Å². The van der Waals surface area contributed by atoms with Gasteiger partial charge in [0.2, 0.25) is 6.41 Å². The van der Waals surface area contributed by atoms with E-state index in [1.54, 1.807) is 11.8 Å². The van der Waals surface area contributed by atoms with E-state index in [0.29, 0.717) is 17.5 Å². The Kier molecular flexibility index (Phi) is 11.0. The molecule has 4 nitrogen and oxygen atoms in total. The molecule has 0 radical (unpaired) electrons. The molecule has 1 atom stereocenters. The molecule has 182 valence electrons. The Morgan fingerprint density at radius 1 is 1.00 bits per heavy atom. The molecule has 0 aromatic heterocycles. The third-order valence-corrected chi connectivity index (χ3v) is 4.66. The summed E-state index contributed by atoms with van der Waals surface area (Å²) in [7, 11) is 2.48. The number of halogens is 5. The smallest absolute Gasteiger partial charge is 0.346 e. The summed E-state index contributed by atoms with van der Waals surface area (Å²) < 4.78 is 66.2. The number of nitrogens with zero attached hydrogens (tertiary/aromatic N) is 1. The molecule has 33 heavy (non-hydrogen) atoms. The summed E-state index contributed by atoms with van der Waals surface area (Å²) in [6.07, 6.45) is 2.47. The molecule has 1 fully saturated rings. The zero-order chi connectivity index (χ0) is 25.2. The minimum absolute atomic E-state index is 0.390. The average molecular weight is 491 g/mol. The first kappa shape index (κ1) is 28.6. The Morgan fingerprint density at radius 2 is 1.52 bits per heavy atom. The van der Waals surface area contributed by atoms with E-state index >= 15 is 0 Å². The van der Waals surface area contributed by atoms with E-state index in [-0.39, 0.29) is 0 Å². The number of alkyl halides is 3. The van der Waals surface area contributed by atoms with Crippen LogP contribution < -0.4 is 5.32 Å². The number of amides is 1. The van der Waals surface area contributed by atoms with Gasteiger partial charge in [-0.2, -0.15) is 24.9 Å². The molecule has 0 heterocycles. The van der Waals surface area contributed by atoms with Gasteiger partial charge < -0.3 is 10.1 Å². The van der Waals surface area contributed by atoms with Gasteiger partial charge in [0.05, 0.1) is 5.54 Å². The third kappa shape index (κ3) is 8.77. The van der Waals surface area contributed by atoms with Crippen molar-refractivity contribution in [1.29, 1.82) is 0 Å². The standard InChI is InChI=1S/C16H14F5N.C5H7NO2.C2H6S/c1-22(2)15(16(19,20)21)13-8-5-11(9-14(13)18)10-3-6-12(17)7-4-10;7-3-5(1-2-5)6-4-8;1-3-2/h3-9,15H,1-2H3;3-4H,1-2H2,(H,6,8);1-2H3. The summed E-state index contributed by atoms with van der Waals surface area (Å²) in [5, 5.41) is 2.43. The monoisotopic (exact) mass is 490 g/mol. The van der Waals surface area contributed by atoms with Crippen molar-refractivity contribution >= 4 is 24.5 Å². The minimum atomic E-state index is -4.58. The number of carbonyl (C=O) groups excluding carboxylic acids is 2. The van der Waals surface area contributed by atoms with E-state index in [4.69, 9.17) is 0 Å². The van der Waals surface area contributed by atoms with E-state index in [9.17, 15) is 31.5 Å². The highest BCUT2D eigenvalue weighted by molar-refractivity contribution is 7.97. The minimum Gasteiger partial charge on any atom is -0.346 e. The summed E-state index contributed by atoms with van der Waals surface area (Å²) in [6.45, 7) is 0. The Labute approximate surface area is 194 Å². The van der Waals surface area contributed by atoms with Gasteiger partial charge in [-0.15, -0.1) is 0 Å². The van der Waals surface area contributed by atoms with Gasteiger partial charge in [-0.1, -0.05) is 24.3 Å². The van der Waals surface area contributed by atoms with Crippen LogP contribution in [-0.2, 0) is 9.59 Å². The van der Waals surface area contributed by atoms with E-state index in [1.165, 1.54) is 44.4 Å². The lowest BCUT2D eigenvalue weighted by atomic mass is 9.99. The van der Waals surface area contributed by atoms with Crippen LogP contribution in [0.25, 0.3) is 11.1 Å². The first-order valence-corrected chi connectivity index (χ1v) is 11.4. The first-order valence-electron chi connectivity index (χ1n) is 9.81. The van der Waals surface area contributed by atoms with Crippen molar-refractivity contribution < 1.29 is 31.5 Å². The fourth-order valence-corrected chi connectivity index (χ4v) is 2.87. The van der Waals surface area contributed by atoms with Crippen molar-refractivity contribution in [3.05, 3.63) is 59.7 Å². The second-order valence-electron chi connectivity index (χ2n) is 7.60. The third-order valence-electron chi connectivity index (χ3n) is 4.66. The van der Waals surface area contributed by atoms with Crippen LogP contribution in [0.3, 0.4) is 0 Å². The van der Waals surface area contributed by atoms with Crippen LogP contribution in [0.4, 0.5) is 22.0 Å². The maximum absolute atomic E-state index is 14.2. The number of hydrogen-bond donors (Lipinski definition) is 1. The van der Waals surface area contributed by atoms with Gasteiger partial charge in [0.1, 0.15) is 24.0 Å². The molecule has 0 saturated heterocycles. The number of thioether (sulfide) groups is 1. The van der Waals surface area contributed by atoms with E-state index in [2.05, 4.69) is 5.32 Å². The van der Waals surface area contributed by atoms with E-state index in [0.717, 1.165) is 36.2 Å². The number of hydrogen-bond acceptors (Lipinski definition) is 4. The van der Waals surface area contributed by atoms with Crippen molar-refractivity contribution in [2.45, 2.75) is 30.6 Å². The highest BCUT2D eigenvalue weighted by Crippen LogP contribution is 2.38. The van der Waals surface area contributed by atoms with Crippen LogP contribution in [-0.4, -0.2) is 55.9 Å². The van der Waals surface area contributed by atoms with Crippen LogP contribution in [0.2, 0.25) is 0 Å². The first-order chi connectivity index (χ1) is 15.4. The normalized spacial score (nSPS) is 14.7. The fraction of sp³-hybridized carbons (Fsp3) is 0.391. The molecular weight excluding hydrogens is 463 g/mol. The second-order valence-corrected chi connectivity index (χ2v) is 8.41. The van der Waals surface area contributed by atoms with Crippen molar-refractivity contribution in [3.63, 3.8) is 0 Å². The average Bonchev–Trinajstić information content (AvgIpc) is 3.50. The lowest BCUT2D eigenvalue weighted by Gasteiger charge is -2.27. The van der Waals surface area contributed by atoms with E-state index < -0.39 is 35.0 Å². The predicted octanol–water partition coefficient (Wildman–Crippen LogP) is 5.24. The summed E-state index contributed by atoms with van der Waals surface area (Å²) in [5.41, 5.74) is 0.0198. The topological polar surface area (TPSA) is 49.4 Å². The summed E-state index contributed by atoms with van der Waals surface area (Å²) in [4.78, 5) is 20.7. The number of benzene rings is 2. The van der Waals surface area contributed by atoms with Gasteiger partial charge in [-0.3, -0.25) is 9.69 Å². The molecule has 1 aliphatic carbocycles. The lowest BCUT2D eigenvalue weighted by molar-refractivity contribution is -0.180. The van der Waals surface area contributed by atoms with Crippen LogP contribution in [0, 0.1) is 11.6 Å². The Hall–Kier alpha value is -2.46. The van der Waals surface area contributed by atoms with Crippen LogP contribution in [0.5, 0.6) is 0 Å². The van der Waals surface area contributed by atoms with Gasteiger partial charge in [0, 0.05) is 5.56 Å². The van der Waals surface area contributed by atoms with Crippen molar-refractivity contribution in [2.75, 3.05) is 26.6 Å². The molecule has 0 aliphatic heterocycles. The quantitative estimate of drug-likeness (QED) is 0.445. The lowest BCUT2D eigenvalue weighted by Crippen LogP contribution is -2.34.